The van der Waals surface area contributed by atoms with Gasteiger partial charge in [0.15, 0.2) is 0 Å². The number of halogens is 1. The predicted molar refractivity (Wildman–Crippen MR) is 100 cm³/mol. The molecule has 0 saturated heterocycles. The number of hydrogen-bond donors (Lipinski definition) is 2. The van der Waals surface area contributed by atoms with Gasteiger partial charge in [-0.05, 0) is 49.9 Å². The summed E-state index contributed by atoms with van der Waals surface area (Å²) in [4.78, 5) is 21.2. The third-order valence-corrected chi connectivity index (χ3v) is 4.85. The number of hydrogen-bond acceptors (Lipinski definition) is 7. The normalized spacial score (nSPS) is 19.8. The Labute approximate surface area is 156 Å². The summed E-state index contributed by atoms with van der Waals surface area (Å²) >= 11 is 5.87. The zero-order chi connectivity index (χ0) is 18.7. The third-order valence-electron chi connectivity index (χ3n) is 4.60. The molecule has 2 N–H and O–H groups in total. The second-order valence-electron chi connectivity index (χ2n) is 6.36. The predicted octanol–water partition coefficient (Wildman–Crippen LogP) is 3.52. The summed E-state index contributed by atoms with van der Waals surface area (Å²) in [5.74, 6) is 0.540. The van der Waals surface area contributed by atoms with Crippen molar-refractivity contribution in [2.24, 2.45) is 0 Å². The van der Waals surface area contributed by atoms with Crippen molar-refractivity contribution in [3.63, 3.8) is 0 Å². The lowest BCUT2D eigenvalue weighted by atomic mass is 9.92. The van der Waals surface area contributed by atoms with Crippen LogP contribution in [0, 0.1) is 10.1 Å². The van der Waals surface area contributed by atoms with E-state index in [-0.39, 0.29) is 29.6 Å². The number of rotatable bonds is 5. The van der Waals surface area contributed by atoms with Gasteiger partial charge in [0.2, 0.25) is 11.8 Å². The molecule has 1 aromatic heterocycles. The SMILES string of the molecule is CN(c1nc(Nc2ccc(Cl)cc2)ncc1[N+](=O)[O-])C1CCC(O)CC1. The summed E-state index contributed by atoms with van der Waals surface area (Å²) in [6.45, 7) is 0. The zero-order valence-corrected chi connectivity index (χ0v) is 15.1. The number of nitro groups is 1. The maximum absolute atomic E-state index is 11.4. The lowest BCUT2D eigenvalue weighted by Gasteiger charge is -2.33. The van der Waals surface area contributed by atoms with Crippen LogP contribution < -0.4 is 10.2 Å². The second-order valence-corrected chi connectivity index (χ2v) is 6.80. The van der Waals surface area contributed by atoms with Gasteiger partial charge < -0.3 is 15.3 Å². The standard InChI is InChI=1S/C17H20ClN5O3/c1-22(13-6-8-14(24)9-7-13)16-15(23(25)26)10-19-17(21-16)20-12-4-2-11(18)3-5-12/h2-5,10,13-14,24H,6-9H2,1H3,(H,19,20,21). The molecule has 0 unspecified atom stereocenters. The van der Waals surface area contributed by atoms with E-state index in [9.17, 15) is 15.2 Å². The summed E-state index contributed by atoms with van der Waals surface area (Å²) in [5, 5.41) is 24.7. The van der Waals surface area contributed by atoms with Crippen molar-refractivity contribution >= 4 is 34.7 Å². The van der Waals surface area contributed by atoms with Gasteiger partial charge in [0, 0.05) is 23.8 Å². The Morgan fingerprint density at radius 2 is 1.92 bits per heavy atom. The fourth-order valence-corrected chi connectivity index (χ4v) is 3.22. The highest BCUT2D eigenvalue weighted by Gasteiger charge is 2.28. The highest BCUT2D eigenvalue weighted by molar-refractivity contribution is 6.30. The first-order valence-corrected chi connectivity index (χ1v) is 8.76. The average molecular weight is 378 g/mol. The first-order valence-electron chi connectivity index (χ1n) is 8.39. The number of anilines is 3. The van der Waals surface area contributed by atoms with E-state index in [2.05, 4.69) is 15.3 Å². The molecule has 1 aliphatic carbocycles. The number of aromatic nitrogens is 2. The van der Waals surface area contributed by atoms with E-state index in [0.29, 0.717) is 17.9 Å². The second kappa shape index (κ2) is 7.84. The number of aliphatic hydroxyl groups excluding tert-OH is 1. The lowest BCUT2D eigenvalue weighted by Crippen LogP contribution is -2.37. The molecule has 1 fully saturated rings. The molecule has 1 aromatic carbocycles. The maximum atomic E-state index is 11.4. The molecule has 9 heteroatoms. The largest absolute Gasteiger partial charge is 0.393 e. The topological polar surface area (TPSA) is 104 Å². The molecule has 26 heavy (non-hydrogen) atoms. The molecule has 3 rings (SSSR count). The van der Waals surface area contributed by atoms with Crippen LogP contribution in [0.1, 0.15) is 25.7 Å². The first kappa shape index (κ1) is 18.3. The van der Waals surface area contributed by atoms with Crippen LogP contribution >= 0.6 is 11.6 Å². The molecule has 0 radical (unpaired) electrons. The van der Waals surface area contributed by atoms with Gasteiger partial charge in [0.1, 0.15) is 6.20 Å². The number of benzene rings is 1. The minimum absolute atomic E-state index is 0.0929. The van der Waals surface area contributed by atoms with E-state index >= 15 is 0 Å². The summed E-state index contributed by atoms with van der Waals surface area (Å²) in [6.07, 6.45) is 3.82. The fourth-order valence-electron chi connectivity index (χ4n) is 3.10. The molecule has 2 aromatic rings. The molecular weight excluding hydrogens is 358 g/mol. The first-order chi connectivity index (χ1) is 12.4. The van der Waals surface area contributed by atoms with E-state index in [4.69, 9.17) is 11.6 Å². The van der Waals surface area contributed by atoms with Crippen LogP contribution in [0.25, 0.3) is 0 Å². The number of nitrogens with one attached hydrogen (secondary N) is 1. The Hall–Kier alpha value is -2.45. The van der Waals surface area contributed by atoms with E-state index in [1.54, 1.807) is 31.3 Å². The Bertz CT molecular complexity index is 778. The van der Waals surface area contributed by atoms with Gasteiger partial charge in [-0.25, -0.2) is 4.98 Å². The molecule has 1 aliphatic rings. The van der Waals surface area contributed by atoms with Gasteiger partial charge in [0.05, 0.1) is 11.0 Å². The molecule has 0 aliphatic heterocycles. The molecule has 1 saturated carbocycles. The van der Waals surface area contributed by atoms with Crippen LogP contribution in [0.5, 0.6) is 0 Å². The van der Waals surface area contributed by atoms with Crippen molar-refractivity contribution in [2.75, 3.05) is 17.3 Å². The van der Waals surface area contributed by atoms with Crippen molar-refractivity contribution < 1.29 is 10.0 Å². The van der Waals surface area contributed by atoms with Crippen molar-refractivity contribution in [3.8, 4) is 0 Å². The van der Waals surface area contributed by atoms with Crippen molar-refractivity contribution in [3.05, 3.63) is 45.6 Å². The summed E-state index contributed by atoms with van der Waals surface area (Å²) in [7, 11) is 1.80. The van der Waals surface area contributed by atoms with Crippen LogP contribution in [-0.2, 0) is 0 Å². The Balaban J connectivity index is 1.86. The third kappa shape index (κ3) is 4.20. The average Bonchev–Trinajstić information content (AvgIpc) is 2.63. The fraction of sp³-hybridized carbons (Fsp3) is 0.412. The molecule has 0 spiro atoms. The van der Waals surface area contributed by atoms with Gasteiger partial charge in [-0.1, -0.05) is 11.6 Å². The Morgan fingerprint density at radius 3 is 2.54 bits per heavy atom. The number of aliphatic hydroxyl groups is 1. The van der Waals surface area contributed by atoms with E-state index < -0.39 is 4.92 Å². The quantitative estimate of drug-likeness (QED) is 0.606. The molecule has 8 nitrogen and oxygen atoms in total. The summed E-state index contributed by atoms with van der Waals surface area (Å²) in [5.41, 5.74) is 0.595. The highest BCUT2D eigenvalue weighted by atomic mass is 35.5. The van der Waals surface area contributed by atoms with Gasteiger partial charge in [-0.3, -0.25) is 10.1 Å². The molecule has 0 bridgehead atoms. The van der Waals surface area contributed by atoms with Crippen LogP contribution in [0.3, 0.4) is 0 Å². The van der Waals surface area contributed by atoms with Gasteiger partial charge in [-0.2, -0.15) is 4.98 Å². The minimum Gasteiger partial charge on any atom is -0.393 e. The highest BCUT2D eigenvalue weighted by Crippen LogP contribution is 2.32. The lowest BCUT2D eigenvalue weighted by molar-refractivity contribution is -0.384. The van der Waals surface area contributed by atoms with Crippen molar-refractivity contribution in [2.45, 2.75) is 37.8 Å². The van der Waals surface area contributed by atoms with E-state index in [0.717, 1.165) is 18.5 Å². The maximum Gasteiger partial charge on any atom is 0.329 e. The zero-order valence-electron chi connectivity index (χ0n) is 14.3. The monoisotopic (exact) mass is 377 g/mol. The Kier molecular flexibility index (Phi) is 5.53. The van der Waals surface area contributed by atoms with E-state index in [1.165, 1.54) is 6.20 Å². The minimum atomic E-state index is -0.477. The van der Waals surface area contributed by atoms with Crippen molar-refractivity contribution in [1.82, 2.24) is 9.97 Å². The van der Waals surface area contributed by atoms with Crippen LogP contribution in [-0.4, -0.2) is 39.2 Å². The van der Waals surface area contributed by atoms with Crippen molar-refractivity contribution in [1.29, 1.82) is 0 Å². The van der Waals surface area contributed by atoms with Crippen LogP contribution in [0.2, 0.25) is 5.02 Å². The number of nitrogens with zero attached hydrogens (tertiary/aromatic N) is 4. The van der Waals surface area contributed by atoms with Gasteiger partial charge in [-0.15, -0.1) is 0 Å². The molecular formula is C17H20ClN5O3. The molecule has 138 valence electrons. The molecule has 1 heterocycles. The summed E-state index contributed by atoms with van der Waals surface area (Å²) in [6, 6.07) is 7.11. The van der Waals surface area contributed by atoms with Crippen LogP contribution in [0.15, 0.2) is 30.5 Å². The van der Waals surface area contributed by atoms with Crippen LogP contribution in [0.4, 0.5) is 23.1 Å². The molecule has 0 atom stereocenters. The van der Waals surface area contributed by atoms with Gasteiger partial charge in [0.25, 0.3) is 0 Å². The molecule has 0 amide bonds. The Morgan fingerprint density at radius 1 is 1.27 bits per heavy atom. The smallest absolute Gasteiger partial charge is 0.329 e. The van der Waals surface area contributed by atoms with E-state index in [1.807, 2.05) is 4.90 Å². The van der Waals surface area contributed by atoms with Gasteiger partial charge >= 0.3 is 5.69 Å². The summed E-state index contributed by atoms with van der Waals surface area (Å²) < 4.78 is 0.